The molecule has 0 aliphatic carbocycles. The van der Waals surface area contributed by atoms with E-state index in [0.717, 1.165) is 0 Å². The lowest BCUT2D eigenvalue weighted by molar-refractivity contribution is 0.230. The summed E-state index contributed by atoms with van der Waals surface area (Å²) in [6.07, 6.45) is 0. The van der Waals surface area contributed by atoms with Crippen molar-refractivity contribution in [3.8, 4) is 5.75 Å². The molecule has 1 aromatic heterocycles. The Morgan fingerprint density at radius 1 is 1.24 bits per heavy atom. The molecule has 2 aromatic rings. The Balaban J connectivity index is 2.06. The Bertz CT molecular complexity index is 588. The van der Waals surface area contributed by atoms with Crippen molar-refractivity contribution in [1.29, 1.82) is 0 Å². The van der Waals surface area contributed by atoms with E-state index >= 15 is 0 Å². The summed E-state index contributed by atoms with van der Waals surface area (Å²) in [5.41, 5.74) is 1.21. The van der Waals surface area contributed by atoms with Crippen LogP contribution in [0, 0.1) is 18.6 Å². The van der Waals surface area contributed by atoms with Gasteiger partial charge >= 0.3 is 0 Å². The van der Waals surface area contributed by atoms with Crippen molar-refractivity contribution >= 4 is 0 Å². The number of aryl methyl sites for hydroxylation is 1. The summed E-state index contributed by atoms with van der Waals surface area (Å²) in [5, 5.41) is 6.78. The van der Waals surface area contributed by atoms with Crippen LogP contribution in [-0.4, -0.2) is 11.2 Å². The third kappa shape index (κ3) is 4.26. The molecule has 6 heteroatoms. The Hall–Kier alpha value is -1.95. The monoisotopic (exact) mass is 296 g/mol. The van der Waals surface area contributed by atoms with Crippen molar-refractivity contribution in [2.45, 2.75) is 40.0 Å². The normalized spacial score (nSPS) is 11.1. The van der Waals surface area contributed by atoms with E-state index in [2.05, 4.69) is 10.5 Å². The zero-order valence-electron chi connectivity index (χ0n) is 12.2. The predicted octanol–water partition coefficient (Wildman–Crippen LogP) is 3.34. The van der Waals surface area contributed by atoms with Gasteiger partial charge in [-0.15, -0.1) is 0 Å². The minimum atomic E-state index is -0.730. The van der Waals surface area contributed by atoms with Crippen LogP contribution in [0.15, 0.2) is 22.7 Å². The molecule has 0 radical (unpaired) electrons. The molecule has 0 spiro atoms. The summed E-state index contributed by atoms with van der Waals surface area (Å²) < 4.78 is 37.9. The molecule has 1 heterocycles. The van der Waals surface area contributed by atoms with Crippen molar-refractivity contribution in [2.75, 3.05) is 0 Å². The molecular weight excluding hydrogens is 278 g/mol. The Labute approximate surface area is 122 Å². The minimum Gasteiger partial charge on any atom is -0.479 e. The van der Waals surface area contributed by atoms with Gasteiger partial charge in [-0.3, -0.25) is 0 Å². The highest BCUT2D eigenvalue weighted by Crippen LogP contribution is 2.24. The molecule has 0 bridgehead atoms. The summed E-state index contributed by atoms with van der Waals surface area (Å²) >= 11 is 0. The number of nitrogens with zero attached hydrogens (tertiary/aromatic N) is 1. The van der Waals surface area contributed by atoms with E-state index in [1.807, 2.05) is 13.8 Å². The number of halogens is 2. The highest BCUT2D eigenvalue weighted by Gasteiger charge is 2.14. The molecule has 0 fully saturated rings. The Kier molecular flexibility index (Phi) is 4.90. The van der Waals surface area contributed by atoms with Crippen molar-refractivity contribution in [3.05, 3.63) is 46.9 Å². The lowest BCUT2D eigenvalue weighted by Gasteiger charge is -2.11. The van der Waals surface area contributed by atoms with Crippen molar-refractivity contribution in [3.63, 3.8) is 0 Å². The maximum Gasteiger partial charge on any atom is 0.191 e. The molecule has 1 N–H and O–H groups in total. The maximum absolute atomic E-state index is 13.9. The first-order valence-corrected chi connectivity index (χ1v) is 6.72. The number of nitrogens with one attached hydrogen (secondary N) is 1. The van der Waals surface area contributed by atoms with Crippen LogP contribution in [0.25, 0.3) is 0 Å². The van der Waals surface area contributed by atoms with Crippen LogP contribution < -0.4 is 10.1 Å². The van der Waals surface area contributed by atoms with Crippen LogP contribution in [0.5, 0.6) is 5.75 Å². The molecule has 0 amide bonds. The zero-order valence-corrected chi connectivity index (χ0v) is 12.2. The van der Waals surface area contributed by atoms with Gasteiger partial charge in [0.25, 0.3) is 0 Å². The Morgan fingerprint density at radius 2 is 1.90 bits per heavy atom. The number of aromatic nitrogens is 1. The molecule has 0 atom stereocenters. The van der Waals surface area contributed by atoms with Gasteiger partial charge in [0.2, 0.25) is 0 Å². The largest absolute Gasteiger partial charge is 0.479 e. The summed E-state index contributed by atoms with van der Waals surface area (Å²) in [7, 11) is 0. The van der Waals surface area contributed by atoms with Crippen molar-refractivity contribution < 1.29 is 18.0 Å². The molecule has 1 aromatic carbocycles. The van der Waals surface area contributed by atoms with E-state index in [1.165, 1.54) is 12.1 Å². The standard InChI is InChI=1S/C15H18F2N2O2/c1-9(2)18-7-11-5-13(16)15(14(17)6-11)20-8-12-4-10(3)19-21-12/h4-6,9,18H,7-8H2,1-3H3. The third-order valence-corrected chi connectivity index (χ3v) is 2.81. The van der Waals surface area contributed by atoms with Gasteiger partial charge in [0.1, 0.15) is 6.61 Å². The average Bonchev–Trinajstić information content (AvgIpc) is 2.81. The summed E-state index contributed by atoms with van der Waals surface area (Å²) in [4.78, 5) is 0. The smallest absolute Gasteiger partial charge is 0.191 e. The lowest BCUT2D eigenvalue weighted by atomic mass is 10.2. The summed E-state index contributed by atoms with van der Waals surface area (Å²) in [6, 6.07) is 4.41. The van der Waals surface area contributed by atoms with E-state index in [0.29, 0.717) is 23.6 Å². The quantitative estimate of drug-likeness (QED) is 0.888. The van der Waals surface area contributed by atoms with E-state index in [-0.39, 0.29) is 12.6 Å². The molecule has 0 aliphatic heterocycles. The van der Waals surface area contributed by atoms with Crippen LogP contribution in [0.3, 0.4) is 0 Å². The second-order valence-electron chi connectivity index (χ2n) is 5.15. The number of hydrogen-bond acceptors (Lipinski definition) is 4. The Morgan fingerprint density at radius 3 is 2.43 bits per heavy atom. The van der Waals surface area contributed by atoms with Gasteiger partial charge in [0.15, 0.2) is 23.1 Å². The first-order chi connectivity index (χ1) is 9.95. The van der Waals surface area contributed by atoms with Gasteiger partial charge in [-0.05, 0) is 24.6 Å². The van der Waals surface area contributed by atoms with Crippen LogP contribution in [0.2, 0.25) is 0 Å². The van der Waals surface area contributed by atoms with Gasteiger partial charge in [-0.2, -0.15) is 0 Å². The van der Waals surface area contributed by atoms with Gasteiger partial charge in [0.05, 0.1) is 5.69 Å². The molecule has 0 aliphatic rings. The average molecular weight is 296 g/mol. The number of ether oxygens (including phenoxy) is 1. The fourth-order valence-electron chi connectivity index (χ4n) is 1.80. The first kappa shape index (κ1) is 15.4. The van der Waals surface area contributed by atoms with E-state index in [9.17, 15) is 8.78 Å². The fourth-order valence-corrected chi connectivity index (χ4v) is 1.80. The number of benzene rings is 1. The maximum atomic E-state index is 13.9. The van der Waals surface area contributed by atoms with Gasteiger partial charge in [-0.1, -0.05) is 19.0 Å². The van der Waals surface area contributed by atoms with Crippen LogP contribution in [0.1, 0.15) is 30.9 Å². The molecule has 114 valence electrons. The molecular formula is C15H18F2N2O2. The highest BCUT2D eigenvalue weighted by atomic mass is 19.1. The van der Waals surface area contributed by atoms with E-state index in [4.69, 9.17) is 9.26 Å². The molecule has 0 saturated heterocycles. The first-order valence-electron chi connectivity index (χ1n) is 6.72. The van der Waals surface area contributed by atoms with Gasteiger partial charge < -0.3 is 14.6 Å². The topological polar surface area (TPSA) is 47.3 Å². The summed E-state index contributed by atoms with van der Waals surface area (Å²) in [6.45, 7) is 6.00. The van der Waals surface area contributed by atoms with Crippen molar-refractivity contribution in [2.24, 2.45) is 0 Å². The van der Waals surface area contributed by atoms with Crippen LogP contribution in [0.4, 0.5) is 8.78 Å². The molecule has 21 heavy (non-hydrogen) atoms. The van der Waals surface area contributed by atoms with E-state index in [1.54, 1.807) is 13.0 Å². The van der Waals surface area contributed by atoms with Crippen LogP contribution in [-0.2, 0) is 13.2 Å². The highest BCUT2D eigenvalue weighted by molar-refractivity contribution is 5.31. The van der Waals surface area contributed by atoms with Crippen LogP contribution >= 0.6 is 0 Å². The lowest BCUT2D eigenvalue weighted by Crippen LogP contribution is -2.22. The fraction of sp³-hybridized carbons (Fsp3) is 0.400. The number of rotatable bonds is 6. The summed E-state index contributed by atoms with van der Waals surface area (Å²) in [5.74, 6) is -1.45. The predicted molar refractivity (Wildman–Crippen MR) is 73.9 cm³/mol. The molecule has 0 unspecified atom stereocenters. The van der Waals surface area contributed by atoms with Gasteiger partial charge in [0, 0.05) is 18.7 Å². The minimum absolute atomic E-state index is 0.0712. The molecule has 4 nitrogen and oxygen atoms in total. The second-order valence-corrected chi connectivity index (χ2v) is 5.15. The second kappa shape index (κ2) is 6.67. The number of hydrogen-bond donors (Lipinski definition) is 1. The molecule has 2 rings (SSSR count). The molecule has 0 saturated carbocycles. The van der Waals surface area contributed by atoms with Gasteiger partial charge in [-0.25, -0.2) is 8.78 Å². The third-order valence-electron chi connectivity index (χ3n) is 2.81. The van der Waals surface area contributed by atoms with Crippen molar-refractivity contribution in [1.82, 2.24) is 10.5 Å². The van der Waals surface area contributed by atoms with E-state index < -0.39 is 17.4 Å². The SMILES string of the molecule is Cc1cc(COc2c(F)cc(CNC(C)C)cc2F)on1. The zero-order chi connectivity index (χ0) is 15.4.